The second-order valence-corrected chi connectivity index (χ2v) is 4.58. The van der Waals surface area contributed by atoms with Crippen molar-refractivity contribution in [2.45, 2.75) is 18.8 Å². The second kappa shape index (κ2) is 3.84. The third-order valence-corrected chi connectivity index (χ3v) is 3.65. The lowest BCUT2D eigenvalue weighted by atomic mass is 9.70. The van der Waals surface area contributed by atoms with Crippen LogP contribution < -0.4 is 0 Å². The number of hydrogen-bond acceptors (Lipinski definition) is 2. The topological polar surface area (TPSA) is 50.2 Å². The number of rotatable bonds is 2. The van der Waals surface area contributed by atoms with E-state index in [1.54, 1.807) is 6.20 Å². The molecule has 0 bridgehead atoms. The molecule has 1 saturated carbocycles. The molecule has 1 aliphatic carbocycles. The van der Waals surface area contributed by atoms with Crippen LogP contribution in [0.1, 0.15) is 24.3 Å². The van der Waals surface area contributed by atoms with Gasteiger partial charge >= 0.3 is 5.97 Å². The third-order valence-electron chi connectivity index (χ3n) is 3.65. The lowest BCUT2D eigenvalue weighted by molar-refractivity contribution is -0.145. The maximum Gasteiger partial charge on any atom is 0.307 e. The summed E-state index contributed by atoms with van der Waals surface area (Å²) in [6.07, 6.45) is 3.52. The standard InChI is InChI=1S/C14H13NO2/c16-14(17)12-6-5-11(12)10-4-3-9-2-1-7-15-13(9)8-10/h1-4,7-8,11-12H,5-6H2,(H,16,17). The van der Waals surface area contributed by atoms with Gasteiger partial charge in [0.05, 0.1) is 11.4 Å². The molecule has 1 N–H and O–H groups in total. The number of benzene rings is 1. The highest BCUT2D eigenvalue weighted by Gasteiger charge is 2.37. The molecule has 1 aromatic heterocycles. The number of aliphatic carboxylic acids is 1. The molecular formula is C14H13NO2. The van der Waals surface area contributed by atoms with Gasteiger partial charge in [0.15, 0.2) is 0 Å². The fourth-order valence-corrected chi connectivity index (χ4v) is 2.51. The van der Waals surface area contributed by atoms with Crippen LogP contribution >= 0.6 is 0 Å². The van der Waals surface area contributed by atoms with Gasteiger partial charge in [-0.15, -0.1) is 0 Å². The van der Waals surface area contributed by atoms with Gasteiger partial charge in [0.2, 0.25) is 0 Å². The minimum Gasteiger partial charge on any atom is -0.481 e. The van der Waals surface area contributed by atoms with Crippen molar-refractivity contribution in [2.24, 2.45) is 5.92 Å². The second-order valence-electron chi connectivity index (χ2n) is 4.58. The molecule has 1 heterocycles. The maximum atomic E-state index is 11.0. The fraction of sp³-hybridized carbons (Fsp3) is 0.286. The van der Waals surface area contributed by atoms with E-state index in [1.165, 1.54) is 0 Å². The summed E-state index contributed by atoms with van der Waals surface area (Å²) in [6, 6.07) is 10.0. The summed E-state index contributed by atoms with van der Waals surface area (Å²) in [5.74, 6) is -0.725. The van der Waals surface area contributed by atoms with Gasteiger partial charge in [0.25, 0.3) is 0 Å². The Bertz CT molecular complexity index is 579. The number of aromatic nitrogens is 1. The number of carbonyl (C=O) groups is 1. The van der Waals surface area contributed by atoms with E-state index < -0.39 is 5.97 Å². The predicted molar refractivity (Wildman–Crippen MR) is 64.8 cm³/mol. The van der Waals surface area contributed by atoms with E-state index in [9.17, 15) is 4.79 Å². The minimum atomic E-state index is -0.678. The van der Waals surface area contributed by atoms with Gasteiger partial charge in [-0.2, -0.15) is 0 Å². The Hall–Kier alpha value is -1.90. The van der Waals surface area contributed by atoms with E-state index in [2.05, 4.69) is 4.98 Å². The molecule has 3 heteroatoms. The van der Waals surface area contributed by atoms with E-state index in [1.807, 2.05) is 30.3 Å². The van der Waals surface area contributed by atoms with Crippen molar-refractivity contribution >= 4 is 16.9 Å². The Kier molecular flexibility index (Phi) is 2.32. The normalized spacial score (nSPS) is 23.3. The predicted octanol–water partition coefficient (Wildman–Crippen LogP) is 2.81. The Balaban J connectivity index is 1.98. The lowest BCUT2D eigenvalue weighted by Crippen LogP contribution is -2.30. The van der Waals surface area contributed by atoms with E-state index in [0.717, 1.165) is 29.3 Å². The Morgan fingerprint density at radius 3 is 2.88 bits per heavy atom. The molecule has 3 nitrogen and oxygen atoms in total. The van der Waals surface area contributed by atoms with E-state index in [4.69, 9.17) is 5.11 Å². The first-order chi connectivity index (χ1) is 8.25. The molecule has 0 radical (unpaired) electrons. The zero-order valence-electron chi connectivity index (χ0n) is 9.34. The van der Waals surface area contributed by atoms with Gasteiger partial charge in [-0.1, -0.05) is 18.2 Å². The highest BCUT2D eigenvalue weighted by Crippen LogP contribution is 2.43. The molecule has 3 rings (SSSR count). The van der Waals surface area contributed by atoms with Crippen molar-refractivity contribution in [1.29, 1.82) is 0 Å². The molecule has 2 unspecified atom stereocenters. The summed E-state index contributed by atoms with van der Waals surface area (Å²) in [5, 5.41) is 10.2. The van der Waals surface area contributed by atoms with Gasteiger partial charge in [0, 0.05) is 11.6 Å². The highest BCUT2D eigenvalue weighted by molar-refractivity contribution is 5.80. The van der Waals surface area contributed by atoms with Crippen LogP contribution in [0.25, 0.3) is 10.9 Å². The zero-order valence-corrected chi connectivity index (χ0v) is 9.34. The zero-order chi connectivity index (χ0) is 11.8. The smallest absolute Gasteiger partial charge is 0.307 e. The average Bonchev–Trinajstić information content (AvgIpc) is 2.26. The fourth-order valence-electron chi connectivity index (χ4n) is 2.51. The first-order valence-electron chi connectivity index (χ1n) is 5.83. The number of fused-ring (bicyclic) bond motifs is 1. The molecule has 1 aromatic carbocycles. The monoisotopic (exact) mass is 227 g/mol. The van der Waals surface area contributed by atoms with Crippen LogP contribution in [0.5, 0.6) is 0 Å². The van der Waals surface area contributed by atoms with E-state index in [0.29, 0.717) is 0 Å². The van der Waals surface area contributed by atoms with Gasteiger partial charge in [-0.3, -0.25) is 9.78 Å². The number of carboxylic acid groups (broad SMARTS) is 1. The average molecular weight is 227 g/mol. The quantitative estimate of drug-likeness (QED) is 0.858. The van der Waals surface area contributed by atoms with Crippen molar-refractivity contribution in [3.05, 3.63) is 42.1 Å². The summed E-state index contributed by atoms with van der Waals surface area (Å²) in [6.45, 7) is 0. The molecule has 17 heavy (non-hydrogen) atoms. The molecule has 0 saturated heterocycles. The van der Waals surface area contributed by atoms with E-state index >= 15 is 0 Å². The Morgan fingerprint density at radius 2 is 2.18 bits per heavy atom. The van der Waals surface area contributed by atoms with Crippen molar-refractivity contribution in [2.75, 3.05) is 0 Å². The summed E-state index contributed by atoms with van der Waals surface area (Å²) in [5.41, 5.74) is 2.05. The van der Waals surface area contributed by atoms with Gasteiger partial charge in [-0.05, 0) is 36.5 Å². The first-order valence-corrected chi connectivity index (χ1v) is 5.83. The van der Waals surface area contributed by atoms with Crippen LogP contribution in [0.3, 0.4) is 0 Å². The van der Waals surface area contributed by atoms with Crippen molar-refractivity contribution in [3.8, 4) is 0 Å². The number of carboxylic acids is 1. The molecule has 1 fully saturated rings. The van der Waals surface area contributed by atoms with Gasteiger partial charge < -0.3 is 5.11 Å². The lowest BCUT2D eigenvalue weighted by Gasteiger charge is -2.33. The number of nitrogens with zero attached hydrogens (tertiary/aromatic N) is 1. The van der Waals surface area contributed by atoms with Crippen molar-refractivity contribution < 1.29 is 9.90 Å². The molecule has 0 spiro atoms. The summed E-state index contributed by atoms with van der Waals surface area (Å²) >= 11 is 0. The van der Waals surface area contributed by atoms with Crippen LogP contribution in [-0.2, 0) is 4.79 Å². The van der Waals surface area contributed by atoms with Crippen LogP contribution in [0.2, 0.25) is 0 Å². The summed E-state index contributed by atoms with van der Waals surface area (Å²) in [7, 11) is 0. The molecule has 0 amide bonds. The van der Waals surface area contributed by atoms with Gasteiger partial charge in [-0.25, -0.2) is 0 Å². The van der Waals surface area contributed by atoms with E-state index in [-0.39, 0.29) is 11.8 Å². The van der Waals surface area contributed by atoms with Crippen molar-refractivity contribution in [1.82, 2.24) is 4.98 Å². The number of pyridine rings is 1. The third kappa shape index (κ3) is 1.68. The highest BCUT2D eigenvalue weighted by atomic mass is 16.4. The SMILES string of the molecule is O=C(O)C1CCC1c1ccc2cccnc2c1. The van der Waals surface area contributed by atoms with Gasteiger partial charge in [0.1, 0.15) is 0 Å². The molecule has 2 aromatic rings. The largest absolute Gasteiger partial charge is 0.481 e. The minimum absolute atomic E-state index is 0.166. The first kappa shape index (κ1) is 10.3. The Morgan fingerprint density at radius 1 is 1.29 bits per heavy atom. The van der Waals surface area contributed by atoms with Crippen LogP contribution in [0, 0.1) is 5.92 Å². The van der Waals surface area contributed by atoms with Crippen LogP contribution in [0.15, 0.2) is 36.5 Å². The van der Waals surface area contributed by atoms with Crippen LogP contribution in [-0.4, -0.2) is 16.1 Å². The molecule has 86 valence electrons. The number of hydrogen-bond donors (Lipinski definition) is 1. The molecule has 0 aliphatic heterocycles. The van der Waals surface area contributed by atoms with Crippen molar-refractivity contribution in [3.63, 3.8) is 0 Å². The summed E-state index contributed by atoms with van der Waals surface area (Å²) in [4.78, 5) is 15.3. The van der Waals surface area contributed by atoms with Crippen LogP contribution in [0.4, 0.5) is 0 Å². The molecule has 1 aliphatic rings. The summed E-state index contributed by atoms with van der Waals surface area (Å²) < 4.78 is 0. The molecular weight excluding hydrogens is 214 g/mol. The Labute approximate surface area is 99.1 Å². The molecule has 2 atom stereocenters. The maximum absolute atomic E-state index is 11.0.